The number of carbonyl (C=O) groups is 1. The van der Waals surface area contributed by atoms with E-state index in [2.05, 4.69) is 4.74 Å². The number of hydrogen-bond donors (Lipinski definition) is 1. The van der Waals surface area contributed by atoms with E-state index < -0.39 is 0 Å². The van der Waals surface area contributed by atoms with E-state index in [0.717, 1.165) is 12.8 Å². The van der Waals surface area contributed by atoms with Crippen LogP contribution in [0.4, 0.5) is 0 Å². The van der Waals surface area contributed by atoms with Gasteiger partial charge in [-0.25, -0.2) is 0 Å². The van der Waals surface area contributed by atoms with E-state index in [9.17, 15) is 4.79 Å². The minimum absolute atomic E-state index is 0.112. The molecule has 0 aromatic carbocycles. The third-order valence-electron chi connectivity index (χ3n) is 2.62. The number of esters is 1. The number of methoxy groups -OCH3 is 1. The van der Waals surface area contributed by atoms with E-state index in [1.54, 1.807) is 0 Å². The second-order valence-electron chi connectivity index (χ2n) is 3.91. The minimum Gasteiger partial charge on any atom is -0.469 e. The molecule has 0 radical (unpaired) electrons. The zero-order chi connectivity index (χ0) is 9.35. The molecule has 1 unspecified atom stereocenters. The maximum absolute atomic E-state index is 11.1. The van der Waals surface area contributed by atoms with Crippen LogP contribution in [0.3, 0.4) is 0 Å². The molecule has 1 atom stereocenters. The number of hydrogen-bond acceptors (Lipinski definition) is 3. The Hall–Kier alpha value is -0.860. The maximum Gasteiger partial charge on any atom is 0.314 e. The average molecular weight is 169 g/mol. The Bertz CT molecular complexity index is 221. The van der Waals surface area contributed by atoms with Crippen LogP contribution < -0.4 is 0 Å². The monoisotopic (exact) mass is 169 g/mol. The molecule has 1 N–H and O–H groups in total. The minimum atomic E-state index is -0.287. The van der Waals surface area contributed by atoms with Gasteiger partial charge in [-0.2, -0.15) is 0 Å². The standard InChI is InChI=1S/C9H15NO2/c1-9(2)5-4-6(7(9)10)8(11)12-3/h6,10H,4-5H2,1-3H3. The highest BCUT2D eigenvalue weighted by atomic mass is 16.5. The van der Waals surface area contributed by atoms with Gasteiger partial charge in [-0.15, -0.1) is 0 Å². The fraction of sp³-hybridized carbons (Fsp3) is 0.778. The van der Waals surface area contributed by atoms with Crippen molar-refractivity contribution in [2.45, 2.75) is 26.7 Å². The Morgan fingerprint density at radius 1 is 1.67 bits per heavy atom. The Kier molecular flexibility index (Phi) is 2.22. The molecule has 1 saturated carbocycles. The van der Waals surface area contributed by atoms with E-state index in [1.165, 1.54) is 7.11 Å². The lowest BCUT2D eigenvalue weighted by atomic mass is 9.88. The lowest BCUT2D eigenvalue weighted by Crippen LogP contribution is -2.26. The van der Waals surface area contributed by atoms with Gasteiger partial charge in [-0.1, -0.05) is 13.8 Å². The topological polar surface area (TPSA) is 50.2 Å². The summed E-state index contributed by atoms with van der Waals surface area (Å²) in [5, 5.41) is 7.74. The van der Waals surface area contributed by atoms with Crippen molar-refractivity contribution in [1.82, 2.24) is 0 Å². The molecular formula is C9H15NO2. The molecule has 1 aliphatic carbocycles. The molecule has 1 aliphatic rings. The molecule has 0 aliphatic heterocycles. The van der Waals surface area contributed by atoms with Crippen LogP contribution in [0.15, 0.2) is 0 Å². The lowest BCUT2D eigenvalue weighted by Gasteiger charge is -2.17. The van der Waals surface area contributed by atoms with Gasteiger partial charge in [0.15, 0.2) is 0 Å². The van der Waals surface area contributed by atoms with Crippen molar-refractivity contribution >= 4 is 11.7 Å². The summed E-state index contributed by atoms with van der Waals surface area (Å²) in [4.78, 5) is 11.1. The van der Waals surface area contributed by atoms with Gasteiger partial charge in [0.05, 0.1) is 13.0 Å². The van der Waals surface area contributed by atoms with E-state index in [4.69, 9.17) is 5.41 Å². The molecule has 0 heterocycles. The van der Waals surface area contributed by atoms with Gasteiger partial charge in [0, 0.05) is 11.1 Å². The van der Waals surface area contributed by atoms with Crippen LogP contribution in [0, 0.1) is 16.7 Å². The van der Waals surface area contributed by atoms with Crippen LogP contribution in [0.2, 0.25) is 0 Å². The summed E-state index contributed by atoms with van der Waals surface area (Å²) in [6.07, 6.45) is 1.67. The quantitative estimate of drug-likeness (QED) is 0.606. The van der Waals surface area contributed by atoms with Crippen molar-refractivity contribution < 1.29 is 9.53 Å². The number of ether oxygens (including phenoxy) is 1. The highest BCUT2D eigenvalue weighted by Gasteiger charge is 2.41. The van der Waals surface area contributed by atoms with Crippen LogP contribution in [0.1, 0.15) is 26.7 Å². The zero-order valence-corrected chi connectivity index (χ0v) is 7.81. The summed E-state index contributed by atoms with van der Waals surface area (Å²) in [5.41, 5.74) is 0.410. The Balaban J connectivity index is 2.74. The molecular weight excluding hydrogens is 154 g/mol. The van der Waals surface area contributed by atoms with Crippen molar-refractivity contribution in [2.24, 2.45) is 11.3 Å². The first-order valence-corrected chi connectivity index (χ1v) is 4.16. The number of carbonyl (C=O) groups excluding carboxylic acids is 1. The Labute approximate surface area is 72.6 Å². The third kappa shape index (κ3) is 1.36. The molecule has 68 valence electrons. The highest BCUT2D eigenvalue weighted by molar-refractivity contribution is 6.04. The van der Waals surface area contributed by atoms with E-state index in [1.807, 2.05) is 13.8 Å². The van der Waals surface area contributed by atoms with Gasteiger partial charge >= 0.3 is 5.97 Å². The second-order valence-corrected chi connectivity index (χ2v) is 3.91. The van der Waals surface area contributed by atoms with Gasteiger partial charge in [0.25, 0.3) is 0 Å². The summed E-state index contributed by atoms with van der Waals surface area (Å²) < 4.78 is 4.62. The Morgan fingerprint density at radius 2 is 2.25 bits per heavy atom. The van der Waals surface area contributed by atoms with Gasteiger partial charge < -0.3 is 10.1 Å². The van der Waals surface area contributed by atoms with Gasteiger partial charge in [0.2, 0.25) is 0 Å². The van der Waals surface area contributed by atoms with Crippen LogP contribution >= 0.6 is 0 Å². The van der Waals surface area contributed by atoms with Crippen molar-refractivity contribution in [2.75, 3.05) is 7.11 Å². The molecule has 12 heavy (non-hydrogen) atoms. The zero-order valence-electron chi connectivity index (χ0n) is 7.81. The molecule has 3 nitrogen and oxygen atoms in total. The third-order valence-corrected chi connectivity index (χ3v) is 2.62. The molecule has 0 aromatic rings. The van der Waals surface area contributed by atoms with Gasteiger partial charge in [0.1, 0.15) is 0 Å². The normalized spacial score (nSPS) is 27.2. The smallest absolute Gasteiger partial charge is 0.314 e. The summed E-state index contributed by atoms with van der Waals surface area (Å²) in [6.45, 7) is 4.00. The second kappa shape index (κ2) is 2.88. The molecule has 0 spiro atoms. The van der Waals surface area contributed by atoms with Crippen LogP contribution in [-0.2, 0) is 9.53 Å². The van der Waals surface area contributed by atoms with Gasteiger partial charge in [-0.3, -0.25) is 4.79 Å². The number of rotatable bonds is 1. The maximum atomic E-state index is 11.1. The summed E-state index contributed by atoms with van der Waals surface area (Å²) >= 11 is 0. The summed E-state index contributed by atoms with van der Waals surface area (Å²) in [5.74, 6) is -0.546. The van der Waals surface area contributed by atoms with Crippen LogP contribution in [-0.4, -0.2) is 18.8 Å². The van der Waals surface area contributed by atoms with Crippen molar-refractivity contribution in [3.05, 3.63) is 0 Å². The highest BCUT2D eigenvalue weighted by Crippen LogP contribution is 2.38. The lowest BCUT2D eigenvalue weighted by molar-refractivity contribution is -0.142. The fourth-order valence-corrected chi connectivity index (χ4v) is 1.63. The molecule has 3 heteroatoms. The molecule has 1 fully saturated rings. The predicted molar refractivity (Wildman–Crippen MR) is 46.2 cm³/mol. The first kappa shape index (κ1) is 9.23. The van der Waals surface area contributed by atoms with Crippen LogP contribution in [0.25, 0.3) is 0 Å². The average Bonchev–Trinajstić information content (AvgIpc) is 2.27. The van der Waals surface area contributed by atoms with Crippen molar-refractivity contribution in [3.8, 4) is 0 Å². The van der Waals surface area contributed by atoms with E-state index in [-0.39, 0.29) is 17.3 Å². The van der Waals surface area contributed by atoms with Crippen LogP contribution in [0.5, 0.6) is 0 Å². The molecule has 1 rings (SSSR count). The molecule has 0 aromatic heterocycles. The summed E-state index contributed by atoms with van der Waals surface area (Å²) in [7, 11) is 1.38. The van der Waals surface area contributed by atoms with E-state index in [0.29, 0.717) is 5.71 Å². The Morgan fingerprint density at radius 3 is 2.58 bits per heavy atom. The predicted octanol–water partition coefficient (Wildman–Crippen LogP) is 1.62. The first-order chi connectivity index (χ1) is 5.49. The van der Waals surface area contributed by atoms with Gasteiger partial charge in [-0.05, 0) is 12.8 Å². The number of nitrogens with one attached hydrogen (secondary N) is 1. The first-order valence-electron chi connectivity index (χ1n) is 4.16. The molecule has 0 saturated heterocycles. The summed E-state index contributed by atoms with van der Waals surface area (Å²) in [6, 6.07) is 0. The van der Waals surface area contributed by atoms with E-state index >= 15 is 0 Å². The SMILES string of the molecule is COC(=O)C1CCC(C)(C)C1=N. The molecule has 0 amide bonds. The molecule has 0 bridgehead atoms. The fourth-order valence-electron chi connectivity index (χ4n) is 1.63. The largest absolute Gasteiger partial charge is 0.469 e. The van der Waals surface area contributed by atoms with Crippen molar-refractivity contribution in [3.63, 3.8) is 0 Å². The van der Waals surface area contributed by atoms with Crippen molar-refractivity contribution in [1.29, 1.82) is 5.41 Å².